The summed E-state index contributed by atoms with van der Waals surface area (Å²) in [4.78, 5) is 4.58. The minimum atomic E-state index is 0.880. The Morgan fingerprint density at radius 2 is 1.18 bits per heavy atom. The second kappa shape index (κ2) is 11.0. The molecular formula is C38H32N2. The Hall–Kier alpha value is -4.95. The molecule has 40 heavy (non-hydrogen) atoms. The number of rotatable bonds is 6. The van der Waals surface area contributed by atoms with Gasteiger partial charge >= 0.3 is 0 Å². The third kappa shape index (κ3) is 4.92. The van der Waals surface area contributed by atoms with Crippen molar-refractivity contribution >= 4 is 21.5 Å². The summed E-state index contributed by atoms with van der Waals surface area (Å²) in [6.07, 6.45) is 8.48. The van der Waals surface area contributed by atoms with Crippen LogP contribution in [0.2, 0.25) is 0 Å². The first-order valence-corrected chi connectivity index (χ1v) is 13.7. The number of aryl methyl sites for hydroxylation is 1. The van der Waals surface area contributed by atoms with Gasteiger partial charge < -0.3 is 5.73 Å². The molecule has 2 N–H and O–H groups in total. The average Bonchev–Trinajstić information content (AvgIpc) is 2.99. The Kier molecular flexibility index (Phi) is 6.99. The molecule has 0 radical (unpaired) electrons. The molecule has 0 aliphatic carbocycles. The number of fused-ring (bicyclic) bond motifs is 2. The smallest absolute Gasteiger partial charge is 0.0704 e. The van der Waals surface area contributed by atoms with E-state index in [-0.39, 0.29) is 0 Å². The molecule has 0 fully saturated rings. The number of aromatic nitrogens is 1. The van der Waals surface area contributed by atoms with Crippen molar-refractivity contribution in [3.63, 3.8) is 0 Å². The summed E-state index contributed by atoms with van der Waals surface area (Å²) in [6.45, 7) is 4.18. The molecule has 0 aliphatic heterocycles. The van der Waals surface area contributed by atoms with Gasteiger partial charge in [0.15, 0.2) is 0 Å². The summed E-state index contributed by atoms with van der Waals surface area (Å²) in [5.41, 5.74) is 16.3. The maximum atomic E-state index is 5.53. The van der Waals surface area contributed by atoms with Gasteiger partial charge in [0.2, 0.25) is 0 Å². The molecule has 194 valence electrons. The lowest BCUT2D eigenvalue weighted by molar-refractivity contribution is 1.24. The van der Waals surface area contributed by atoms with E-state index in [0.717, 1.165) is 17.7 Å². The fourth-order valence-electron chi connectivity index (χ4n) is 5.56. The van der Waals surface area contributed by atoms with E-state index in [4.69, 9.17) is 5.73 Å². The van der Waals surface area contributed by atoms with E-state index in [0.29, 0.717) is 0 Å². The third-order valence-electron chi connectivity index (χ3n) is 7.58. The summed E-state index contributed by atoms with van der Waals surface area (Å²) in [5.74, 6) is 0. The zero-order valence-corrected chi connectivity index (χ0v) is 22.9. The molecule has 2 heteroatoms. The molecule has 2 nitrogen and oxygen atoms in total. The Bertz CT molecular complexity index is 1820. The first-order valence-electron chi connectivity index (χ1n) is 13.7. The van der Waals surface area contributed by atoms with Crippen molar-refractivity contribution in [1.82, 2.24) is 4.98 Å². The zero-order chi connectivity index (χ0) is 27.5. The van der Waals surface area contributed by atoms with Gasteiger partial charge in [-0.3, -0.25) is 4.98 Å². The number of hydrogen-bond acceptors (Lipinski definition) is 2. The third-order valence-corrected chi connectivity index (χ3v) is 7.58. The molecule has 6 rings (SSSR count). The highest BCUT2D eigenvalue weighted by atomic mass is 14.7. The second-order valence-electron chi connectivity index (χ2n) is 10.3. The van der Waals surface area contributed by atoms with Gasteiger partial charge in [0, 0.05) is 11.8 Å². The Morgan fingerprint density at radius 1 is 0.675 bits per heavy atom. The van der Waals surface area contributed by atoms with E-state index < -0.39 is 0 Å². The number of allylic oxidation sites excluding steroid dienone is 3. The molecule has 0 unspecified atom stereocenters. The van der Waals surface area contributed by atoms with Gasteiger partial charge in [-0.1, -0.05) is 109 Å². The zero-order valence-electron chi connectivity index (χ0n) is 22.9. The molecule has 0 amide bonds. The summed E-state index contributed by atoms with van der Waals surface area (Å²) in [6, 6.07) is 39.6. The average molecular weight is 517 g/mol. The van der Waals surface area contributed by atoms with Crippen molar-refractivity contribution < 1.29 is 0 Å². The lowest BCUT2D eigenvalue weighted by atomic mass is 9.85. The molecule has 5 aromatic carbocycles. The van der Waals surface area contributed by atoms with Crippen LogP contribution in [0.25, 0.3) is 55.1 Å². The van der Waals surface area contributed by atoms with Crippen LogP contribution in [0.15, 0.2) is 139 Å². The number of hydrogen-bond donors (Lipinski definition) is 1. The van der Waals surface area contributed by atoms with E-state index >= 15 is 0 Å². The van der Waals surface area contributed by atoms with E-state index in [9.17, 15) is 0 Å². The van der Waals surface area contributed by atoms with Gasteiger partial charge in [0.05, 0.1) is 5.69 Å². The van der Waals surface area contributed by atoms with Crippen molar-refractivity contribution in [2.75, 3.05) is 0 Å². The SMILES string of the molecule is CC(/C=C\N)=C/Cc1ccc(-c2c3ccccc3c(-c3ccc(-c4cc(C)ccn4)cc3)c3ccccc23)cc1. The van der Waals surface area contributed by atoms with E-state index in [2.05, 4.69) is 128 Å². The van der Waals surface area contributed by atoms with Crippen LogP contribution in [0.3, 0.4) is 0 Å². The monoisotopic (exact) mass is 516 g/mol. The van der Waals surface area contributed by atoms with Crippen LogP contribution in [0.4, 0.5) is 0 Å². The van der Waals surface area contributed by atoms with Crippen molar-refractivity contribution in [1.29, 1.82) is 0 Å². The highest BCUT2D eigenvalue weighted by molar-refractivity contribution is 6.21. The highest BCUT2D eigenvalue weighted by Crippen LogP contribution is 2.43. The Labute approximate surface area is 236 Å². The van der Waals surface area contributed by atoms with Crippen LogP contribution in [-0.4, -0.2) is 4.98 Å². The summed E-state index contributed by atoms with van der Waals surface area (Å²) < 4.78 is 0. The molecule has 0 bridgehead atoms. The first kappa shape index (κ1) is 25.3. The predicted octanol–water partition coefficient (Wildman–Crippen LogP) is 9.66. The molecular weight excluding hydrogens is 484 g/mol. The van der Waals surface area contributed by atoms with E-state index in [1.54, 1.807) is 6.20 Å². The van der Waals surface area contributed by atoms with Crippen LogP contribution in [0.1, 0.15) is 18.1 Å². The van der Waals surface area contributed by atoms with Gasteiger partial charge in [-0.2, -0.15) is 0 Å². The molecule has 0 atom stereocenters. The molecule has 0 saturated carbocycles. The normalized spacial score (nSPS) is 12.0. The van der Waals surface area contributed by atoms with Crippen molar-refractivity contribution in [2.45, 2.75) is 20.3 Å². The van der Waals surface area contributed by atoms with Crippen molar-refractivity contribution in [3.8, 4) is 33.5 Å². The summed E-state index contributed by atoms with van der Waals surface area (Å²) >= 11 is 0. The molecule has 1 aromatic heterocycles. The van der Waals surface area contributed by atoms with Crippen LogP contribution in [-0.2, 0) is 6.42 Å². The van der Waals surface area contributed by atoms with Crippen LogP contribution >= 0.6 is 0 Å². The van der Waals surface area contributed by atoms with Crippen LogP contribution in [0, 0.1) is 6.92 Å². The van der Waals surface area contributed by atoms with Crippen molar-refractivity contribution in [2.24, 2.45) is 5.73 Å². The number of nitrogens with zero attached hydrogens (tertiary/aromatic N) is 1. The van der Waals surface area contributed by atoms with Gasteiger partial charge in [-0.25, -0.2) is 0 Å². The van der Waals surface area contributed by atoms with Gasteiger partial charge in [-0.15, -0.1) is 0 Å². The topological polar surface area (TPSA) is 38.9 Å². The summed E-state index contributed by atoms with van der Waals surface area (Å²) in [5, 5.41) is 5.04. The van der Waals surface area contributed by atoms with Crippen molar-refractivity contribution in [3.05, 3.63) is 150 Å². The molecule has 0 aliphatic rings. The second-order valence-corrected chi connectivity index (χ2v) is 10.3. The van der Waals surface area contributed by atoms with Crippen LogP contribution < -0.4 is 5.73 Å². The molecule has 0 spiro atoms. The molecule has 0 saturated heterocycles. The lowest BCUT2D eigenvalue weighted by Crippen LogP contribution is -1.91. The standard InChI is InChI=1S/C38H32N2/c1-26(21-23-39)11-12-28-13-15-30(16-14-28)37-32-7-3-5-9-34(32)38(35-10-6-4-8-33(35)37)31-19-17-29(18-20-31)36-25-27(2)22-24-40-36/h3-11,13-25H,12,39H2,1-2H3/b23-21-,26-11-. The minimum Gasteiger partial charge on any atom is -0.405 e. The quantitative estimate of drug-likeness (QED) is 0.177. The Balaban J connectivity index is 1.48. The number of nitrogens with two attached hydrogens (primary N) is 1. The highest BCUT2D eigenvalue weighted by Gasteiger charge is 2.16. The molecule has 6 aromatic rings. The maximum absolute atomic E-state index is 5.53. The summed E-state index contributed by atoms with van der Waals surface area (Å²) in [7, 11) is 0. The van der Waals surface area contributed by atoms with Gasteiger partial charge in [-0.05, 0) is 99.6 Å². The maximum Gasteiger partial charge on any atom is 0.0704 e. The lowest BCUT2D eigenvalue weighted by Gasteiger charge is -2.18. The van der Waals surface area contributed by atoms with E-state index in [1.165, 1.54) is 60.5 Å². The number of benzene rings is 5. The fourth-order valence-corrected chi connectivity index (χ4v) is 5.56. The number of pyridine rings is 1. The fraction of sp³-hybridized carbons (Fsp3) is 0.0789. The Morgan fingerprint density at radius 3 is 1.68 bits per heavy atom. The first-order chi connectivity index (χ1) is 19.6. The molecule has 1 heterocycles. The van der Waals surface area contributed by atoms with E-state index in [1.807, 2.05) is 18.3 Å². The largest absolute Gasteiger partial charge is 0.405 e. The van der Waals surface area contributed by atoms with Crippen LogP contribution in [0.5, 0.6) is 0 Å². The van der Waals surface area contributed by atoms with Gasteiger partial charge in [0.1, 0.15) is 0 Å². The van der Waals surface area contributed by atoms with Gasteiger partial charge in [0.25, 0.3) is 0 Å². The minimum absolute atomic E-state index is 0.880. The predicted molar refractivity (Wildman–Crippen MR) is 171 cm³/mol.